The maximum Gasteiger partial charge on any atom is 0.222 e. The number of nitrogens with two attached hydrogens (primary N) is 1. The lowest BCUT2D eigenvalue weighted by Gasteiger charge is -2.45. The van der Waals surface area contributed by atoms with E-state index in [9.17, 15) is 4.79 Å². The monoisotopic (exact) mass is 362 g/mol. The Labute approximate surface area is 150 Å². The van der Waals surface area contributed by atoms with Crippen molar-refractivity contribution in [2.24, 2.45) is 17.6 Å². The van der Waals surface area contributed by atoms with Crippen LogP contribution in [0.3, 0.4) is 0 Å². The first-order valence-corrected chi connectivity index (χ1v) is 8.16. The molecule has 3 rings (SSSR count). The SMILES string of the molecule is Cc1cnn(CCC(=O)NC2C3CCCC2CC(N)C3)c1.Cl.Cl. The molecule has 23 heavy (non-hydrogen) atoms. The largest absolute Gasteiger partial charge is 0.353 e. The zero-order valence-electron chi connectivity index (χ0n) is 13.6. The summed E-state index contributed by atoms with van der Waals surface area (Å²) in [7, 11) is 0. The van der Waals surface area contributed by atoms with Gasteiger partial charge in [-0.25, -0.2) is 0 Å². The third-order valence-corrected chi connectivity index (χ3v) is 5.03. The number of amides is 1. The van der Waals surface area contributed by atoms with Crippen molar-refractivity contribution in [2.75, 3.05) is 0 Å². The fraction of sp³-hybridized carbons (Fsp3) is 0.750. The average Bonchev–Trinajstić information content (AvgIpc) is 2.83. The molecule has 0 aliphatic heterocycles. The molecule has 2 atom stereocenters. The minimum absolute atomic E-state index is 0. The highest BCUT2D eigenvalue weighted by atomic mass is 35.5. The molecular weight excluding hydrogens is 335 g/mol. The van der Waals surface area contributed by atoms with Crippen molar-refractivity contribution in [1.29, 1.82) is 0 Å². The van der Waals surface area contributed by atoms with E-state index in [0.29, 0.717) is 36.9 Å². The third-order valence-electron chi connectivity index (χ3n) is 5.03. The fourth-order valence-electron chi connectivity index (χ4n) is 4.09. The van der Waals surface area contributed by atoms with Crippen LogP contribution in [0.5, 0.6) is 0 Å². The van der Waals surface area contributed by atoms with Crippen molar-refractivity contribution >= 4 is 30.7 Å². The first-order chi connectivity index (χ1) is 10.1. The summed E-state index contributed by atoms with van der Waals surface area (Å²) in [6.07, 6.45) is 10.2. The minimum Gasteiger partial charge on any atom is -0.353 e. The fourth-order valence-corrected chi connectivity index (χ4v) is 4.09. The van der Waals surface area contributed by atoms with E-state index in [1.54, 1.807) is 0 Å². The Morgan fingerprint density at radius 1 is 1.35 bits per heavy atom. The van der Waals surface area contributed by atoms with E-state index < -0.39 is 0 Å². The Morgan fingerprint density at radius 3 is 2.57 bits per heavy atom. The Balaban J connectivity index is 0.00000132. The van der Waals surface area contributed by atoms with E-state index >= 15 is 0 Å². The summed E-state index contributed by atoms with van der Waals surface area (Å²) in [5, 5.41) is 7.50. The zero-order chi connectivity index (χ0) is 14.8. The van der Waals surface area contributed by atoms with Gasteiger partial charge in [0.2, 0.25) is 5.91 Å². The highest BCUT2D eigenvalue weighted by Gasteiger charge is 2.39. The molecule has 0 saturated heterocycles. The van der Waals surface area contributed by atoms with Crippen molar-refractivity contribution in [3.05, 3.63) is 18.0 Å². The molecule has 1 amide bonds. The van der Waals surface area contributed by atoms with Gasteiger partial charge in [0, 0.05) is 31.2 Å². The smallest absolute Gasteiger partial charge is 0.222 e. The summed E-state index contributed by atoms with van der Waals surface area (Å²) < 4.78 is 1.84. The van der Waals surface area contributed by atoms with Crippen LogP contribution in [-0.4, -0.2) is 27.8 Å². The van der Waals surface area contributed by atoms with Crippen molar-refractivity contribution in [3.63, 3.8) is 0 Å². The topological polar surface area (TPSA) is 72.9 Å². The first kappa shape index (κ1) is 20.3. The molecule has 2 unspecified atom stereocenters. The molecule has 2 aliphatic carbocycles. The lowest BCUT2D eigenvalue weighted by molar-refractivity contribution is -0.123. The Hall–Kier alpha value is -0.780. The second-order valence-corrected chi connectivity index (χ2v) is 6.81. The second-order valence-electron chi connectivity index (χ2n) is 6.81. The van der Waals surface area contributed by atoms with E-state index in [4.69, 9.17) is 5.73 Å². The van der Waals surface area contributed by atoms with Crippen LogP contribution in [0.25, 0.3) is 0 Å². The van der Waals surface area contributed by atoms with Gasteiger partial charge < -0.3 is 11.1 Å². The maximum absolute atomic E-state index is 12.2. The van der Waals surface area contributed by atoms with Crippen LogP contribution in [-0.2, 0) is 11.3 Å². The zero-order valence-corrected chi connectivity index (χ0v) is 15.2. The number of rotatable bonds is 4. The number of aryl methyl sites for hydroxylation is 2. The van der Waals surface area contributed by atoms with E-state index in [1.807, 2.05) is 24.0 Å². The summed E-state index contributed by atoms with van der Waals surface area (Å²) in [6.45, 7) is 2.66. The molecule has 2 aliphatic rings. The predicted octanol–water partition coefficient (Wildman–Crippen LogP) is 2.45. The molecule has 0 radical (unpaired) electrons. The molecule has 3 N–H and O–H groups in total. The Bertz CT molecular complexity index is 494. The van der Waals surface area contributed by atoms with Crippen LogP contribution in [0, 0.1) is 18.8 Å². The molecule has 2 bridgehead atoms. The summed E-state index contributed by atoms with van der Waals surface area (Å²) in [5.74, 6) is 1.33. The van der Waals surface area contributed by atoms with Crippen molar-refractivity contribution in [1.82, 2.24) is 15.1 Å². The number of carbonyl (C=O) groups is 1. The van der Waals surface area contributed by atoms with E-state index in [2.05, 4.69) is 10.4 Å². The van der Waals surface area contributed by atoms with Gasteiger partial charge in [0.25, 0.3) is 0 Å². The molecular formula is C16H28Cl2N4O. The van der Waals surface area contributed by atoms with Crippen molar-refractivity contribution < 1.29 is 4.79 Å². The number of carbonyl (C=O) groups excluding carboxylic acids is 1. The number of fused-ring (bicyclic) bond motifs is 2. The quantitative estimate of drug-likeness (QED) is 0.863. The van der Waals surface area contributed by atoms with E-state index in [0.717, 1.165) is 18.4 Å². The van der Waals surface area contributed by atoms with Crippen molar-refractivity contribution in [2.45, 2.75) is 64.1 Å². The molecule has 2 saturated carbocycles. The van der Waals surface area contributed by atoms with Gasteiger partial charge in [-0.05, 0) is 50.0 Å². The average molecular weight is 363 g/mol. The van der Waals surface area contributed by atoms with Crippen molar-refractivity contribution in [3.8, 4) is 0 Å². The van der Waals surface area contributed by atoms with Gasteiger partial charge in [-0.3, -0.25) is 9.48 Å². The number of halogens is 2. The number of nitrogens with zero attached hydrogens (tertiary/aromatic N) is 2. The normalized spacial score (nSPS) is 29.1. The molecule has 1 aromatic heterocycles. The van der Waals surface area contributed by atoms with Gasteiger partial charge in [0.05, 0.1) is 6.20 Å². The number of nitrogens with one attached hydrogen (secondary N) is 1. The second kappa shape index (κ2) is 8.90. The number of hydrogen-bond donors (Lipinski definition) is 2. The summed E-state index contributed by atoms with van der Waals surface area (Å²) >= 11 is 0. The van der Waals surface area contributed by atoms with Gasteiger partial charge in [-0.15, -0.1) is 24.8 Å². The van der Waals surface area contributed by atoms with Gasteiger partial charge in [0.15, 0.2) is 0 Å². The van der Waals surface area contributed by atoms with Crippen LogP contribution in [0.4, 0.5) is 0 Å². The Kier molecular flexibility index (Phi) is 7.84. The Morgan fingerprint density at radius 2 is 2.00 bits per heavy atom. The van der Waals surface area contributed by atoms with Gasteiger partial charge in [0.1, 0.15) is 0 Å². The number of hydrogen-bond acceptors (Lipinski definition) is 3. The molecule has 0 spiro atoms. The highest BCUT2D eigenvalue weighted by Crippen LogP contribution is 2.39. The van der Waals surface area contributed by atoms with Gasteiger partial charge in [-0.1, -0.05) is 6.42 Å². The van der Waals surface area contributed by atoms with Crippen LogP contribution in [0.2, 0.25) is 0 Å². The number of aromatic nitrogens is 2. The van der Waals surface area contributed by atoms with Crippen LogP contribution < -0.4 is 11.1 Å². The standard InChI is InChI=1S/C16H26N4O.2ClH/c1-11-9-18-20(10-11)6-5-15(21)19-16-12-3-2-4-13(16)8-14(17)7-12;;/h9-10,12-14,16H,2-8,17H2,1H3,(H,19,21);2*1H. The molecule has 2 fully saturated rings. The van der Waals surface area contributed by atoms with Gasteiger partial charge >= 0.3 is 0 Å². The minimum atomic E-state index is 0. The van der Waals surface area contributed by atoms with E-state index in [1.165, 1.54) is 19.3 Å². The van der Waals surface area contributed by atoms with E-state index in [-0.39, 0.29) is 30.7 Å². The molecule has 0 aromatic carbocycles. The highest BCUT2D eigenvalue weighted by molar-refractivity contribution is 5.85. The molecule has 5 nitrogen and oxygen atoms in total. The van der Waals surface area contributed by atoms with Crippen LogP contribution in [0.1, 0.15) is 44.1 Å². The summed E-state index contributed by atoms with van der Waals surface area (Å²) in [4.78, 5) is 12.2. The predicted molar refractivity (Wildman–Crippen MR) is 96.0 cm³/mol. The third kappa shape index (κ3) is 5.10. The lowest BCUT2D eigenvalue weighted by atomic mass is 9.67. The summed E-state index contributed by atoms with van der Waals surface area (Å²) in [5.41, 5.74) is 7.26. The lowest BCUT2D eigenvalue weighted by Crippen LogP contribution is -2.53. The van der Waals surface area contributed by atoms with Crippen LogP contribution in [0.15, 0.2) is 12.4 Å². The summed E-state index contributed by atoms with van der Waals surface area (Å²) in [6, 6.07) is 0.686. The first-order valence-electron chi connectivity index (χ1n) is 8.16. The molecule has 7 heteroatoms. The molecule has 1 heterocycles. The molecule has 132 valence electrons. The molecule has 1 aromatic rings. The van der Waals surface area contributed by atoms with Gasteiger partial charge in [-0.2, -0.15) is 5.10 Å². The van der Waals surface area contributed by atoms with Crippen LogP contribution >= 0.6 is 24.8 Å². The maximum atomic E-state index is 12.2.